The van der Waals surface area contributed by atoms with Gasteiger partial charge in [0.1, 0.15) is 11.5 Å². The zero-order valence-corrected chi connectivity index (χ0v) is 9.32. The zero-order chi connectivity index (χ0) is 11.3. The molecular weight excluding hydrogens is 192 g/mol. The fourth-order valence-electron chi connectivity index (χ4n) is 1.56. The summed E-state index contributed by atoms with van der Waals surface area (Å²) in [6, 6.07) is 3.82. The molecule has 3 heteroatoms. The van der Waals surface area contributed by atoms with Gasteiger partial charge >= 0.3 is 5.97 Å². The normalized spacial score (nSPS) is 12.7. The van der Waals surface area contributed by atoms with E-state index in [9.17, 15) is 4.79 Å². The van der Waals surface area contributed by atoms with Gasteiger partial charge in [0.15, 0.2) is 0 Å². The van der Waals surface area contributed by atoms with E-state index < -0.39 is 5.97 Å². The monoisotopic (exact) mass is 210 g/mol. The summed E-state index contributed by atoms with van der Waals surface area (Å²) in [5.41, 5.74) is 0. The first kappa shape index (κ1) is 11.8. The first-order valence-electron chi connectivity index (χ1n) is 5.47. The van der Waals surface area contributed by atoms with Gasteiger partial charge < -0.3 is 9.52 Å². The van der Waals surface area contributed by atoms with Crippen LogP contribution >= 0.6 is 0 Å². The zero-order valence-electron chi connectivity index (χ0n) is 9.32. The van der Waals surface area contributed by atoms with Crippen molar-refractivity contribution in [3.05, 3.63) is 23.7 Å². The van der Waals surface area contributed by atoms with Gasteiger partial charge in [-0.1, -0.05) is 13.8 Å². The lowest BCUT2D eigenvalue weighted by atomic mass is 10.0. The van der Waals surface area contributed by atoms with Crippen molar-refractivity contribution in [2.24, 2.45) is 5.92 Å². The summed E-state index contributed by atoms with van der Waals surface area (Å²) in [5, 5.41) is 8.90. The van der Waals surface area contributed by atoms with Gasteiger partial charge in [-0.15, -0.1) is 0 Å². The number of hydrogen-bond acceptors (Lipinski definition) is 2. The van der Waals surface area contributed by atoms with Gasteiger partial charge in [0.25, 0.3) is 0 Å². The quantitative estimate of drug-likeness (QED) is 0.785. The van der Waals surface area contributed by atoms with Gasteiger partial charge in [0, 0.05) is 12.8 Å². The highest BCUT2D eigenvalue weighted by Crippen LogP contribution is 2.16. The first-order chi connectivity index (χ1) is 7.17. The summed E-state index contributed by atoms with van der Waals surface area (Å²) in [7, 11) is 0. The van der Waals surface area contributed by atoms with Crippen molar-refractivity contribution >= 4 is 5.97 Å². The highest BCUT2D eigenvalue weighted by molar-refractivity contribution is 5.70. The van der Waals surface area contributed by atoms with Gasteiger partial charge in [-0.2, -0.15) is 0 Å². The van der Waals surface area contributed by atoms with Crippen LogP contribution in [0.15, 0.2) is 16.5 Å². The predicted molar refractivity (Wildman–Crippen MR) is 57.8 cm³/mol. The molecular formula is C12H18O3. The summed E-state index contributed by atoms with van der Waals surface area (Å²) in [5.74, 6) is 0.664. The van der Waals surface area contributed by atoms with Crippen molar-refractivity contribution in [2.45, 2.75) is 39.5 Å². The van der Waals surface area contributed by atoms with Crippen molar-refractivity contribution < 1.29 is 14.3 Å². The number of furan rings is 1. The van der Waals surface area contributed by atoms with Crippen LogP contribution in [-0.4, -0.2) is 11.1 Å². The van der Waals surface area contributed by atoms with Crippen molar-refractivity contribution in [3.8, 4) is 0 Å². The van der Waals surface area contributed by atoms with Crippen molar-refractivity contribution in [1.29, 1.82) is 0 Å². The molecule has 0 amide bonds. The fourth-order valence-corrected chi connectivity index (χ4v) is 1.56. The van der Waals surface area contributed by atoms with E-state index in [4.69, 9.17) is 9.52 Å². The number of carboxylic acid groups (broad SMARTS) is 1. The van der Waals surface area contributed by atoms with E-state index in [1.807, 2.05) is 19.1 Å². The van der Waals surface area contributed by atoms with E-state index in [1.54, 1.807) is 0 Å². The van der Waals surface area contributed by atoms with E-state index in [0.717, 1.165) is 24.4 Å². The van der Waals surface area contributed by atoms with Crippen molar-refractivity contribution in [2.75, 3.05) is 0 Å². The van der Waals surface area contributed by atoms with E-state index >= 15 is 0 Å². The van der Waals surface area contributed by atoms with Crippen LogP contribution in [-0.2, 0) is 17.6 Å². The Labute approximate surface area is 90.1 Å². The number of carbonyl (C=O) groups is 1. The third kappa shape index (κ3) is 3.42. The maximum atomic E-state index is 10.8. The number of aryl methyl sites for hydroxylation is 1. The molecule has 1 atom stereocenters. The van der Waals surface area contributed by atoms with Gasteiger partial charge in [-0.05, 0) is 25.0 Å². The number of aliphatic carboxylic acids is 1. The Balaban J connectivity index is 2.59. The molecule has 0 aliphatic rings. The Bertz CT molecular complexity index is 314. The Morgan fingerprint density at radius 3 is 2.60 bits per heavy atom. The SMILES string of the molecule is CCCc1ccc(CC(CC)C(=O)O)o1. The highest BCUT2D eigenvalue weighted by Gasteiger charge is 2.17. The molecule has 0 aliphatic carbocycles. The van der Waals surface area contributed by atoms with Crippen molar-refractivity contribution in [1.82, 2.24) is 0 Å². The summed E-state index contributed by atoms with van der Waals surface area (Å²) < 4.78 is 5.54. The summed E-state index contributed by atoms with van der Waals surface area (Å²) in [6.07, 6.45) is 3.10. The van der Waals surface area contributed by atoms with Gasteiger partial charge in [0.05, 0.1) is 5.92 Å². The van der Waals surface area contributed by atoms with Crippen LogP contribution in [0.4, 0.5) is 0 Å². The average Bonchev–Trinajstić information content (AvgIpc) is 2.62. The third-order valence-electron chi connectivity index (χ3n) is 2.50. The lowest BCUT2D eigenvalue weighted by molar-refractivity contribution is -0.141. The second kappa shape index (κ2) is 5.59. The number of carboxylic acids is 1. The standard InChI is InChI=1S/C12H18O3/c1-3-5-10-6-7-11(15-10)8-9(4-2)12(13)14/h6-7,9H,3-5,8H2,1-2H3,(H,13,14). The average molecular weight is 210 g/mol. The highest BCUT2D eigenvalue weighted by atomic mass is 16.4. The maximum absolute atomic E-state index is 10.8. The van der Waals surface area contributed by atoms with Crippen LogP contribution in [0.2, 0.25) is 0 Å². The Kier molecular flexibility index (Phi) is 4.40. The minimum absolute atomic E-state index is 0.328. The maximum Gasteiger partial charge on any atom is 0.306 e. The predicted octanol–water partition coefficient (Wildman–Crippen LogP) is 2.89. The van der Waals surface area contributed by atoms with Gasteiger partial charge in [-0.3, -0.25) is 4.79 Å². The molecule has 3 nitrogen and oxygen atoms in total. The molecule has 1 heterocycles. The molecule has 0 spiro atoms. The molecule has 1 N–H and O–H groups in total. The lowest BCUT2D eigenvalue weighted by Crippen LogP contribution is -2.14. The number of rotatable bonds is 6. The third-order valence-corrected chi connectivity index (χ3v) is 2.50. The van der Waals surface area contributed by atoms with Crippen LogP contribution < -0.4 is 0 Å². The smallest absolute Gasteiger partial charge is 0.306 e. The van der Waals surface area contributed by atoms with Gasteiger partial charge in [0.2, 0.25) is 0 Å². The minimum Gasteiger partial charge on any atom is -0.481 e. The number of hydrogen-bond donors (Lipinski definition) is 1. The van der Waals surface area contributed by atoms with Crippen LogP contribution in [0.3, 0.4) is 0 Å². The summed E-state index contributed by atoms with van der Waals surface area (Å²) in [4.78, 5) is 10.8. The van der Waals surface area contributed by atoms with E-state index in [0.29, 0.717) is 12.8 Å². The molecule has 0 saturated carbocycles. The van der Waals surface area contributed by atoms with Crippen LogP contribution in [0, 0.1) is 5.92 Å². The molecule has 1 unspecified atom stereocenters. The Hall–Kier alpha value is -1.25. The topological polar surface area (TPSA) is 50.4 Å². The summed E-state index contributed by atoms with van der Waals surface area (Å²) in [6.45, 7) is 3.98. The molecule has 0 saturated heterocycles. The van der Waals surface area contributed by atoms with Crippen LogP contribution in [0.25, 0.3) is 0 Å². The second-order valence-corrected chi connectivity index (χ2v) is 3.77. The first-order valence-corrected chi connectivity index (χ1v) is 5.47. The molecule has 1 rings (SSSR count). The van der Waals surface area contributed by atoms with E-state index in [-0.39, 0.29) is 5.92 Å². The molecule has 0 aliphatic heterocycles. The largest absolute Gasteiger partial charge is 0.481 e. The minimum atomic E-state index is -0.744. The molecule has 1 aromatic heterocycles. The van der Waals surface area contributed by atoms with Crippen LogP contribution in [0.5, 0.6) is 0 Å². The van der Waals surface area contributed by atoms with Crippen LogP contribution in [0.1, 0.15) is 38.2 Å². The Morgan fingerprint density at radius 1 is 1.40 bits per heavy atom. The second-order valence-electron chi connectivity index (χ2n) is 3.77. The van der Waals surface area contributed by atoms with E-state index in [1.165, 1.54) is 0 Å². The molecule has 0 bridgehead atoms. The molecule has 15 heavy (non-hydrogen) atoms. The molecule has 0 fully saturated rings. The molecule has 0 radical (unpaired) electrons. The molecule has 84 valence electrons. The summed E-state index contributed by atoms with van der Waals surface area (Å²) >= 11 is 0. The van der Waals surface area contributed by atoms with E-state index in [2.05, 4.69) is 6.92 Å². The molecule has 1 aromatic rings. The van der Waals surface area contributed by atoms with Crippen molar-refractivity contribution in [3.63, 3.8) is 0 Å². The fraction of sp³-hybridized carbons (Fsp3) is 0.583. The Morgan fingerprint density at radius 2 is 2.07 bits per heavy atom. The molecule has 0 aromatic carbocycles. The lowest BCUT2D eigenvalue weighted by Gasteiger charge is -2.06. The van der Waals surface area contributed by atoms with Gasteiger partial charge in [-0.25, -0.2) is 0 Å².